The van der Waals surface area contributed by atoms with Crippen molar-refractivity contribution in [2.45, 2.75) is 26.0 Å². The molecule has 0 saturated heterocycles. The normalized spacial score (nSPS) is 14.5. The van der Waals surface area contributed by atoms with E-state index in [-0.39, 0.29) is 5.56 Å². The number of hydrogen-bond acceptors (Lipinski definition) is 6. The second-order valence-corrected chi connectivity index (χ2v) is 6.69. The van der Waals surface area contributed by atoms with Crippen LogP contribution in [0, 0.1) is 5.92 Å². The first kappa shape index (κ1) is 18.8. The number of aromatic nitrogens is 1. The summed E-state index contributed by atoms with van der Waals surface area (Å²) in [4.78, 5) is 29.3. The Bertz CT molecular complexity index is 844. The maximum Gasteiger partial charge on any atom is 0.339 e. The summed E-state index contributed by atoms with van der Waals surface area (Å²) in [7, 11) is 1.31. The Morgan fingerprint density at radius 3 is 2.56 bits per heavy atom. The van der Waals surface area contributed by atoms with E-state index in [9.17, 15) is 14.7 Å². The molecule has 142 valence electrons. The molecule has 1 unspecified atom stereocenters. The molecule has 7 heteroatoms. The standard InChI is InChI=1S/C20H22N2O5/c1-12(23)22(11-13-3-4-13)18-8-6-14(9-16(18)20(26)27-2)17-7-5-15(10-21-17)19(24)25/h5-10,12-13,23H,3-4,11H2,1-2H3,(H,24,25). The van der Waals surface area contributed by atoms with Crippen LogP contribution in [-0.2, 0) is 4.74 Å². The Kier molecular flexibility index (Phi) is 5.41. The number of carbonyl (C=O) groups is 2. The molecule has 1 aliphatic rings. The highest BCUT2D eigenvalue weighted by Gasteiger charge is 2.28. The maximum atomic E-state index is 12.4. The topological polar surface area (TPSA) is 100.0 Å². The second-order valence-electron chi connectivity index (χ2n) is 6.69. The number of carboxylic acid groups (broad SMARTS) is 1. The number of nitrogens with zero attached hydrogens (tertiary/aromatic N) is 2. The molecule has 1 atom stereocenters. The van der Waals surface area contributed by atoms with Crippen molar-refractivity contribution in [3.05, 3.63) is 47.7 Å². The van der Waals surface area contributed by atoms with Crippen molar-refractivity contribution in [2.24, 2.45) is 5.92 Å². The van der Waals surface area contributed by atoms with Crippen molar-refractivity contribution in [3.63, 3.8) is 0 Å². The van der Waals surface area contributed by atoms with Gasteiger partial charge in [-0.15, -0.1) is 0 Å². The fourth-order valence-electron chi connectivity index (χ4n) is 2.94. The monoisotopic (exact) mass is 370 g/mol. The van der Waals surface area contributed by atoms with Crippen molar-refractivity contribution in [1.82, 2.24) is 4.98 Å². The molecule has 1 aromatic heterocycles. The van der Waals surface area contributed by atoms with Gasteiger partial charge in [-0.1, -0.05) is 6.07 Å². The van der Waals surface area contributed by atoms with E-state index in [1.54, 1.807) is 36.1 Å². The van der Waals surface area contributed by atoms with Gasteiger partial charge in [0, 0.05) is 18.3 Å². The predicted octanol–water partition coefficient (Wildman–Crippen LogP) is 2.79. The Balaban J connectivity index is 2.00. The molecule has 0 bridgehead atoms. The lowest BCUT2D eigenvalue weighted by Gasteiger charge is -2.29. The van der Waals surface area contributed by atoms with Crippen LogP contribution >= 0.6 is 0 Å². The lowest BCUT2D eigenvalue weighted by atomic mass is 10.0. The van der Waals surface area contributed by atoms with E-state index in [1.807, 2.05) is 0 Å². The van der Waals surface area contributed by atoms with Crippen LogP contribution in [0.3, 0.4) is 0 Å². The number of carboxylic acids is 1. The van der Waals surface area contributed by atoms with E-state index in [1.165, 1.54) is 19.4 Å². The van der Waals surface area contributed by atoms with E-state index >= 15 is 0 Å². The molecule has 2 aromatic rings. The third-order valence-electron chi connectivity index (χ3n) is 4.62. The molecular weight excluding hydrogens is 348 g/mol. The zero-order valence-corrected chi connectivity index (χ0v) is 15.3. The number of ether oxygens (including phenoxy) is 1. The summed E-state index contributed by atoms with van der Waals surface area (Å²) in [5.74, 6) is -1.03. The summed E-state index contributed by atoms with van der Waals surface area (Å²) < 4.78 is 4.92. The Hall–Kier alpha value is -2.93. The fourth-order valence-corrected chi connectivity index (χ4v) is 2.94. The maximum absolute atomic E-state index is 12.4. The summed E-state index contributed by atoms with van der Waals surface area (Å²) in [6, 6.07) is 8.28. The van der Waals surface area contributed by atoms with Gasteiger partial charge in [-0.2, -0.15) is 0 Å². The van der Waals surface area contributed by atoms with E-state index < -0.39 is 18.2 Å². The first-order valence-electron chi connectivity index (χ1n) is 8.77. The highest BCUT2D eigenvalue weighted by molar-refractivity contribution is 5.97. The van der Waals surface area contributed by atoms with Gasteiger partial charge >= 0.3 is 11.9 Å². The lowest BCUT2D eigenvalue weighted by molar-refractivity contribution is 0.0600. The van der Waals surface area contributed by atoms with E-state index in [0.717, 1.165) is 12.8 Å². The zero-order valence-electron chi connectivity index (χ0n) is 15.3. The van der Waals surface area contributed by atoms with E-state index in [0.29, 0.717) is 35.0 Å². The number of aromatic carboxylic acids is 1. The van der Waals surface area contributed by atoms with Gasteiger partial charge in [0.2, 0.25) is 0 Å². The molecule has 2 N–H and O–H groups in total. The number of benzene rings is 1. The van der Waals surface area contributed by atoms with Crippen LogP contribution in [0.5, 0.6) is 0 Å². The molecule has 0 aliphatic heterocycles. The molecule has 0 amide bonds. The SMILES string of the molecule is COC(=O)c1cc(-c2ccc(C(=O)O)cn2)ccc1N(CC1CC1)C(C)O. The Labute approximate surface area is 157 Å². The number of methoxy groups -OCH3 is 1. The molecule has 0 spiro atoms. The van der Waals surface area contributed by atoms with Gasteiger partial charge in [0.15, 0.2) is 0 Å². The zero-order chi connectivity index (χ0) is 19.6. The molecule has 1 aliphatic carbocycles. The number of pyridine rings is 1. The first-order chi connectivity index (χ1) is 12.9. The number of aliphatic hydroxyl groups excluding tert-OH is 1. The molecule has 7 nitrogen and oxygen atoms in total. The van der Waals surface area contributed by atoms with Gasteiger partial charge in [0.05, 0.1) is 29.6 Å². The van der Waals surface area contributed by atoms with Crippen LogP contribution in [0.2, 0.25) is 0 Å². The summed E-state index contributed by atoms with van der Waals surface area (Å²) in [6.07, 6.45) is 2.77. The summed E-state index contributed by atoms with van der Waals surface area (Å²) in [5, 5.41) is 19.2. The molecule has 1 heterocycles. The van der Waals surface area contributed by atoms with Gasteiger partial charge in [0.1, 0.15) is 6.23 Å². The number of esters is 1. The van der Waals surface area contributed by atoms with Gasteiger partial charge < -0.3 is 19.8 Å². The number of anilines is 1. The van der Waals surface area contributed by atoms with Crippen LogP contribution in [0.1, 0.15) is 40.5 Å². The van der Waals surface area contributed by atoms with Crippen molar-refractivity contribution in [1.29, 1.82) is 0 Å². The largest absolute Gasteiger partial charge is 0.478 e. The predicted molar refractivity (Wildman–Crippen MR) is 99.7 cm³/mol. The molecule has 3 rings (SSSR count). The summed E-state index contributed by atoms with van der Waals surface area (Å²) in [5.41, 5.74) is 2.24. The molecule has 1 saturated carbocycles. The number of rotatable bonds is 7. The summed E-state index contributed by atoms with van der Waals surface area (Å²) in [6.45, 7) is 2.34. The van der Waals surface area contributed by atoms with Crippen molar-refractivity contribution in [2.75, 3.05) is 18.6 Å². The minimum Gasteiger partial charge on any atom is -0.478 e. The summed E-state index contributed by atoms with van der Waals surface area (Å²) >= 11 is 0. The highest BCUT2D eigenvalue weighted by Crippen LogP contribution is 2.34. The van der Waals surface area contributed by atoms with Gasteiger partial charge in [-0.05, 0) is 49.9 Å². The number of carbonyl (C=O) groups excluding carboxylic acids is 1. The highest BCUT2D eigenvalue weighted by atomic mass is 16.5. The van der Waals surface area contributed by atoms with E-state index in [4.69, 9.17) is 9.84 Å². The number of hydrogen-bond donors (Lipinski definition) is 2. The van der Waals surface area contributed by atoms with Gasteiger partial charge in [0.25, 0.3) is 0 Å². The van der Waals surface area contributed by atoms with Crippen LogP contribution in [0.4, 0.5) is 5.69 Å². The molecule has 1 aromatic carbocycles. The quantitative estimate of drug-likeness (QED) is 0.571. The smallest absolute Gasteiger partial charge is 0.339 e. The van der Waals surface area contributed by atoms with Crippen LogP contribution in [-0.4, -0.2) is 47.0 Å². The third kappa shape index (κ3) is 4.25. The van der Waals surface area contributed by atoms with Crippen molar-refractivity contribution in [3.8, 4) is 11.3 Å². The lowest BCUT2D eigenvalue weighted by Crippen LogP contribution is -2.35. The first-order valence-corrected chi connectivity index (χ1v) is 8.77. The third-order valence-corrected chi connectivity index (χ3v) is 4.62. The Morgan fingerprint density at radius 2 is 2.04 bits per heavy atom. The molecule has 0 radical (unpaired) electrons. The average Bonchev–Trinajstić information content (AvgIpc) is 3.49. The minimum absolute atomic E-state index is 0.0910. The molecule has 27 heavy (non-hydrogen) atoms. The van der Waals surface area contributed by atoms with Crippen LogP contribution < -0.4 is 4.90 Å². The second kappa shape index (κ2) is 7.75. The molecular formula is C20H22N2O5. The fraction of sp³-hybridized carbons (Fsp3) is 0.350. The van der Waals surface area contributed by atoms with Crippen LogP contribution in [0.25, 0.3) is 11.3 Å². The van der Waals surface area contributed by atoms with Gasteiger partial charge in [-0.25, -0.2) is 9.59 Å². The van der Waals surface area contributed by atoms with Gasteiger partial charge in [-0.3, -0.25) is 4.98 Å². The Morgan fingerprint density at radius 1 is 1.30 bits per heavy atom. The van der Waals surface area contributed by atoms with Crippen molar-refractivity contribution < 1.29 is 24.5 Å². The average molecular weight is 370 g/mol. The minimum atomic E-state index is -1.05. The molecule has 1 fully saturated rings. The van der Waals surface area contributed by atoms with E-state index in [2.05, 4.69) is 4.98 Å². The number of aliphatic hydroxyl groups is 1. The van der Waals surface area contributed by atoms with Crippen molar-refractivity contribution >= 4 is 17.6 Å². The van der Waals surface area contributed by atoms with Crippen LogP contribution in [0.15, 0.2) is 36.5 Å².